The summed E-state index contributed by atoms with van der Waals surface area (Å²) in [5.74, 6) is 4.94. The van der Waals surface area contributed by atoms with E-state index in [1.165, 1.54) is 11.7 Å². The Hall–Kier alpha value is -3.08. The van der Waals surface area contributed by atoms with E-state index in [0.717, 1.165) is 18.9 Å². The topological polar surface area (TPSA) is 130 Å². The Bertz CT molecular complexity index is 1240. The standard InChI is InChI=1S/C23H32FN5O5/c1-11-9-26-10-14(11)17(27-21(31)34-23(2,3)4)16-15(24)8-13-18(19(16)33-5)28(12-6-7-12)22(32)29(25)20(13)30/h8,11-12,14,17,26H,6-7,9-10,25H2,1-5H3,(H,27,31). The van der Waals surface area contributed by atoms with Crippen LogP contribution in [0.1, 0.15) is 58.2 Å². The lowest BCUT2D eigenvalue weighted by Crippen LogP contribution is -2.45. The molecule has 2 aromatic rings. The van der Waals surface area contributed by atoms with Gasteiger partial charge < -0.3 is 25.9 Å². The highest BCUT2D eigenvalue weighted by Crippen LogP contribution is 2.43. The number of hydrogen-bond donors (Lipinski definition) is 3. The van der Waals surface area contributed by atoms with Gasteiger partial charge in [0.1, 0.15) is 16.9 Å². The molecule has 1 saturated carbocycles. The molecule has 11 heteroatoms. The van der Waals surface area contributed by atoms with E-state index in [9.17, 15) is 14.4 Å². The summed E-state index contributed by atoms with van der Waals surface area (Å²) in [5.41, 5.74) is -1.99. The van der Waals surface area contributed by atoms with Gasteiger partial charge in [0.05, 0.1) is 24.1 Å². The Morgan fingerprint density at radius 1 is 1.29 bits per heavy atom. The summed E-state index contributed by atoms with van der Waals surface area (Å²) in [5, 5.41) is 6.05. The second-order valence-corrected chi connectivity index (χ2v) is 10.2. The zero-order valence-electron chi connectivity index (χ0n) is 20.1. The first-order chi connectivity index (χ1) is 15.9. The van der Waals surface area contributed by atoms with Gasteiger partial charge in [-0.1, -0.05) is 6.92 Å². The normalized spacial score (nSPS) is 21.5. The van der Waals surface area contributed by atoms with Crippen molar-refractivity contribution >= 4 is 17.0 Å². The van der Waals surface area contributed by atoms with Crippen LogP contribution in [-0.2, 0) is 4.74 Å². The average Bonchev–Trinajstić information content (AvgIpc) is 3.49. The third-order valence-corrected chi connectivity index (χ3v) is 6.45. The van der Waals surface area contributed by atoms with Crippen molar-refractivity contribution in [3.05, 3.63) is 38.3 Å². The molecule has 0 bridgehead atoms. The van der Waals surface area contributed by atoms with E-state index in [1.54, 1.807) is 20.8 Å². The predicted octanol–water partition coefficient (Wildman–Crippen LogP) is 1.78. The number of alkyl carbamates (subject to hydrolysis) is 1. The lowest BCUT2D eigenvalue weighted by atomic mass is 9.85. The minimum Gasteiger partial charge on any atom is -0.494 e. The zero-order valence-corrected chi connectivity index (χ0v) is 20.1. The number of hydrogen-bond acceptors (Lipinski definition) is 7. The van der Waals surface area contributed by atoms with Gasteiger partial charge in [0.2, 0.25) is 0 Å². The van der Waals surface area contributed by atoms with Crippen molar-refractivity contribution in [3.8, 4) is 5.75 Å². The first-order valence-corrected chi connectivity index (χ1v) is 11.5. The number of benzene rings is 1. The lowest BCUT2D eigenvalue weighted by molar-refractivity contribution is 0.0479. The summed E-state index contributed by atoms with van der Waals surface area (Å²) in [6.07, 6.45) is 0.758. The maximum atomic E-state index is 15.8. The molecule has 2 aliphatic rings. The van der Waals surface area contributed by atoms with Gasteiger partial charge >= 0.3 is 11.8 Å². The summed E-state index contributed by atoms with van der Waals surface area (Å²) < 4.78 is 28.8. The predicted molar refractivity (Wildman–Crippen MR) is 125 cm³/mol. The number of halogens is 1. The maximum absolute atomic E-state index is 15.8. The number of nitrogens with zero attached hydrogens (tertiary/aromatic N) is 2. The van der Waals surface area contributed by atoms with Gasteiger partial charge in [0, 0.05) is 12.6 Å². The summed E-state index contributed by atoms with van der Waals surface area (Å²) >= 11 is 0. The molecule has 0 radical (unpaired) electrons. The Labute approximate surface area is 196 Å². The molecule has 186 valence electrons. The van der Waals surface area contributed by atoms with Crippen LogP contribution in [0.4, 0.5) is 9.18 Å². The molecule has 1 aromatic carbocycles. The number of rotatable bonds is 5. The van der Waals surface area contributed by atoms with Crippen LogP contribution in [0.5, 0.6) is 5.75 Å². The van der Waals surface area contributed by atoms with Crippen LogP contribution in [0.3, 0.4) is 0 Å². The van der Waals surface area contributed by atoms with Crippen molar-refractivity contribution in [3.63, 3.8) is 0 Å². The van der Waals surface area contributed by atoms with Gasteiger partial charge in [-0.3, -0.25) is 9.36 Å². The number of methoxy groups -OCH3 is 1. The molecule has 2 heterocycles. The van der Waals surface area contributed by atoms with Gasteiger partial charge in [-0.2, -0.15) is 4.68 Å². The fraction of sp³-hybridized carbons (Fsp3) is 0.609. The molecule has 1 aliphatic carbocycles. The van der Waals surface area contributed by atoms with E-state index >= 15 is 4.39 Å². The number of amides is 1. The van der Waals surface area contributed by atoms with Gasteiger partial charge in [-0.15, -0.1) is 0 Å². The summed E-state index contributed by atoms with van der Waals surface area (Å²) in [6, 6.07) is 0.0813. The van der Waals surface area contributed by atoms with Gasteiger partial charge in [0.25, 0.3) is 5.56 Å². The van der Waals surface area contributed by atoms with Crippen LogP contribution in [0.25, 0.3) is 10.9 Å². The molecule has 2 fully saturated rings. The Kier molecular flexibility index (Phi) is 6.09. The van der Waals surface area contributed by atoms with E-state index in [2.05, 4.69) is 10.6 Å². The molecule has 3 atom stereocenters. The summed E-state index contributed by atoms with van der Waals surface area (Å²) in [4.78, 5) is 38.5. The number of nitrogens with one attached hydrogen (secondary N) is 2. The summed E-state index contributed by atoms with van der Waals surface area (Å²) in [7, 11) is 1.36. The molecular formula is C23H32FN5O5. The quantitative estimate of drug-likeness (QED) is 0.560. The largest absolute Gasteiger partial charge is 0.494 e. The molecule has 4 rings (SSSR count). The van der Waals surface area contributed by atoms with Crippen molar-refractivity contribution in [2.24, 2.45) is 11.8 Å². The van der Waals surface area contributed by atoms with Crippen LogP contribution < -0.4 is 32.5 Å². The minimum absolute atomic E-state index is 0.0388. The molecule has 1 aliphatic heterocycles. The van der Waals surface area contributed by atoms with Crippen molar-refractivity contribution in [1.29, 1.82) is 0 Å². The van der Waals surface area contributed by atoms with E-state index < -0.39 is 34.8 Å². The number of nitrogen functional groups attached to an aromatic ring is 1. The van der Waals surface area contributed by atoms with Crippen LogP contribution in [0.15, 0.2) is 15.7 Å². The SMILES string of the molecule is COc1c(C(NC(=O)OC(C)(C)C)C2CNCC2C)c(F)cc2c(=O)n(N)c(=O)n(C3CC3)c12. The monoisotopic (exact) mass is 477 g/mol. The number of carbonyl (C=O) groups is 1. The maximum Gasteiger partial charge on any atom is 0.408 e. The molecule has 4 N–H and O–H groups in total. The van der Waals surface area contributed by atoms with Crippen LogP contribution in [-0.4, -0.2) is 41.1 Å². The van der Waals surface area contributed by atoms with Crippen molar-refractivity contribution < 1.29 is 18.7 Å². The number of nitrogens with two attached hydrogens (primary N) is 1. The highest BCUT2D eigenvalue weighted by atomic mass is 19.1. The smallest absolute Gasteiger partial charge is 0.408 e. The highest BCUT2D eigenvalue weighted by molar-refractivity contribution is 5.87. The van der Waals surface area contributed by atoms with Crippen LogP contribution in [0, 0.1) is 17.7 Å². The third-order valence-electron chi connectivity index (χ3n) is 6.45. The number of carbonyl (C=O) groups excluding carboxylic acids is 1. The fourth-order valence-corrected chi connectivity index (χ4v) is 4.73. The summed E-state index contributed by atoms with van der Waals surface area (Å²) in [6.45, 7) is 8.45. The molecule has 1 amide bonds. The van der Waals surface area contributed by atoms with Gasteiger partial charge in [0.15, 0.2) is 5.75 Å². The molecule has 1 aromatic heterocycles. The third kappa shape index (κ3) is 4.24. The fourth-order valence-electron chi connectivity index (χ4n) is 4.73. The average molecular weight is 478 g/mol. The lowest BCUT2D eigenvalue weighted by Gasteiger charge is -2.31. The van der Waals surface area contributed by atoms with E-state index in [0.29, 0.717) is 17.8 Å². The van der Waals surface area contributed by atoms with E-state index in [4.69, 9.17) is 15.3 Å². The van der Waals surface area contributed by atoms with E-state index in [1.807, 2.05) is 6.92 Å². The molecule has 10 nitrogen and oxygen atoms in total. The molecule has 0 spiro atoms. The Morgan fingerprint density at radius 2 is 1.97 bits per heavy atom. The molecule has 1 saturated heterocycles. The molecular weight excluding hydrogens is 445 g/mol. The minimum atomic E-state index is -0.831. The second kappa shape index (κ2) is 8.61. The van der Waals surface area contributed by atoms with Crippen molar-refractivity contribution in [1.82, 2.24) is 19.9 Å². The Morgan fingerprint density at radius 3 is 2.50 bits per heavy atom. The van der Waals surface area contributed by atoms with Gasteiger partial charge in [-0.05, 0) is 58.1 Å². The number of ether oxygens (including phenoxy) is 2. The van der Waals surface area contributed by atoms with Crippen molar-refractivity contribution in [2.45, 2.75) is 58.2 Å². The first-order valence-electron chi connectivity index (χ1n) is 11.5. The Balaban J connectivity index is 1.97. The van der Waals surface area contributed by atoms with Crippen molar-refractivity contribution in [2.75, 3.05) is 26.0 Å². The van der Waals surface area contributed by atoms with Gasteiger partial charge in [-0.25, -0.2) is 14.0 Å². The number of aromatic nitrogens is 2. The van der Waals surface area contributed by atoms with Crippen LogP contribution >= 0.6 is 0 Å². The second-order valence-electron chi connectivity index (χ2n) is 10.2. The van der Waals surface area contributed by atoms with E-state index in [-0.39, 0.29) is 40.1 Å². The molecule has 34 heavy (non-hydrogen) atoms. The molecule has 3 unspecified atom stereocenters. The first kappa shape index (κ1) is 24.1. The zero-order chi connectivity index (χ0) is 24.9. The number of fused-ring (bicyclic) bond motifs is 1. The highest BCUT2D eigenvalue weighted by Gasteiger charge is 2.39. The van der Waals surface area contributed by atoms with Crippen LogP contribution in [0.2, 0.25) is 0 Å².